The summed E-state index contributed by atoms with van der Waals surface area (Å²) >= 11 is 6.76. The summed E-state index contributed by atoms with van der Waals surface area (Å²) in [5, 5.41) is 0. The second-order valence-electron chi connectivity index (χ2n) is 4.14. The summed E-state index contributed by atoms with van der Waals surface area (Å²) in [4.78, 5) is 13.3. The normalized spacial score (nSPS) is 12.4. The van der Waals surface area contributed by atoms with Crippen molar-refractivity contribution in [2.24, 2.45) is 0 Å². The number of carbonyl (C=O) groups is 1. The van der Waals surface area contributed by atoms with Crippen LogP contribution in [0.5, 0.6) is 0 Å². The molecule has 0 aliphatic heterocycles. The average molecular weight is 300 g/mol. The number of hydrogen-bond donors (Lipinski definition) is 0. The van der Waals surface area contributed by atoms with Crippen LogP contribution in [0.1, 0.15) is 23.5 Å². The van der Waals surface area contributed by atoms with Crippen molar-refractivity contribution in [2.45, 2.75) is 26.1 Å². The van der Waals surface area contributed by atoms with Crippen molar-refractivity contribution < 1.29 is 18.0 Å². The molecule has 0 spiro atoms. The summed E-state index contributed by atoms with van der Waals surface area (Å²) in [6.45, 7) is 1.91. The number of carbonyl (C=O) groups excluding carboxylic acids is 1. The lowest BCUT2D eigenvalue weighted by atomic mass is 10.2. The van der Waals surface area contributed by atoms with Gasteiger partial charge in [-0.1, -0.05) is 11.6 Å². The molecule has 0 unspecified atom stereocenters. The van der Waals surface area contributed by atoms with Crippen molar-refractivity contribution in [1.82, 2.24) is 4.90 Å². The Hall–Kier alpha value is -0.590. The third kappa shape index (κ3) is 4.96. The standard InChI is InChI=1S/C11H13ClF3NOS/c1-7(2)16(6-11(13,14)15)5-8(17)9-3-4-10(12)18-9/h3-4,7H,5-6H2,1-2H3. The maximum absolute atomic E-state index is 12.4. The average Bonchev–Trinajstić information content (AvgIpc) is 2.61. The van der Waals surface area contributed by atoms with E-state index in [0.717, 1.165) is 16.2 Å². The lowest BCUT2D eigenvalue weighted by Crippen LogP contribution is -2.42. The number of nitrogens with zero attached hydrogens (tertiary/aromatic N) is 1. The van der Waals surface area contributed by atoms with Crippen LogP contribution in [-0.4, -0.2) is 36.0 Å². The summed E-state index contributed by atoms with van der Waals surface area (Å²) in [6.07, 6.45) is -4.31. The molecule has 102 valence electrons. The van der Waals surface area contributed by atoms with Crippen LogP contribution in [0.3, 0.4) is 0 Å². The molecular formula is C11H13ClF3NOS. The first-order chi connectivity index (χ1) is 8.19. The molecule has 7 heteroatoms. The Morgan fingerprint density at radius 2 is 2.06 bits per heavy atom. The van der Waals surface area contributed by atoms with Gasteiger partial charge in [0.25, 0.3) is 0 Å². The SMILES string of the molecule is CC(C)N(CC(=O)c1ccc(Cl)s1)CC(F)(F)F. The number of Topliss-reactive ketones (excluding diaryl/α,β-unsaturated/α-hetero) is 1. The molecule has 0 aliphatic carbocycles. The zero-order chi connectivity index (χ0) is 13.9. The van der Waals surface area contributed by atoms with Crippen LogP contribution in [0.15, 0.2) is 12.1 Å². The Bertz CT molecular complexity index is 417. The fraction of sp³-hybridized carbons (Fsp3) is 0.545. The van der Waals surface area contributed by atoms with Gasteiger partial charge in [-0.2, -0.15) is 13.2 Å². The Balaban J connectivity index is 2.69. The van der Waals surface area contributed by atoms with Crippen molar-refractivity contribution in [2.75, 3.05) is 13.1 Å². The van der Waals surface area contributed by atoms with Crippen LogP contribution in [0.2, 0.25) is 4.34 Å². The molecule has 1 heterocycles. The number of thiophene rings is 1. The quantitative estimate of drug-likeness (QED) is 0.770. The van der Waals surface area contributed by atoms with Crippen molar-refractivity contribution in [3.63, 3.8) is 0 Å². The summed E-state index contributed by atoms with van der Waals surface area (Å²) in [5.41, 5.74) is 0. The molecule has 2 nitrogen and oxygen atoms in total. The van der Waals surface area contributed by atoms with Crippen molar-refractivity contribution in [1.29, 1.82) is 0 Å². The van der Waals surface area contributed by atoms with Crippen LogP contribution < -0.4 is 0 Å². The van der Waals surface area contributed by atoms with Gasteiger partial charge in [-0.15, -0.1) is 11.3 Å². The first kappa shape index (κ1) is 15.5. The van der Waals surface area contributed by atoms with Gasteiger partial charge in [0.05, 0.1) is 22.3 Å². The summed E-state index contributed by atoms with van der Waals surface area (Å²) < 4.78 is 37.5. The van der Waals surface area contributed by atoms with Crippen molar-refractivity contribution >= 4 is 28.7 Å². The van der Waals surface area contributed by atoms with E-state index < -0.39 is 12.7 Å². The molecule has 18 heavy (non-hydrogen) atoms. The lowest BCUT2D eigenvalue weighted by molar-refractivity contribution is -0.148. The number of hydrogen-bond acceptors (Lipinski definition) is 3. The first-order valence-electron chi connectivity index (χ1n) is 5.28. The fourth-order valence-electron chi connectivity index (χ4n) is 1.38. The monoisotopic (exact) mass is 299 g/mol. The number of halogens is 4. The van der Waals surface area contributed by atoms with E-state index in [1.54, 1.807) is 19.9 Å². The van der Waals surface area contributed by atoms with Gasteiger partial charge < -0.3 is 0 Å². The molecule has 0 amide bonds. The van der Waals surface area contributed by atoms with E-state index in [0.29, 0.717) is 9.21 Å². The van der Waals surface area contributed by atoms with E-state index in [-0.39, 0.29) is 18.4 Å². The molecule has 0 fully saturated rings. The molecule has 1 rings (SSSR count). The van der Waals surface area contributed by atoms with E-state index in [2.05, 4.69) is 0 Å². The van der Waals surface area contributed by atoms with Gasteiger partial charge in [0.2, 0.25) is 0 Å². The highest BCUT2D eigenvalue weighted by Crippen LogP contribution is 2.23. The summed E-state index contributed by atoms with van der Waals surface area (Å²) in [5.74, 6) is -0.343. The van der Waals surface area contributed by atoms with Gasteiger partial charge in [-0.05, 0) is 26.0 Å². The molecule has 0 saturated carbocycles. The van der Waals surface area contributed by atoms with Crippen molar-refractivity contribution in [3.05, 3.63) is 21.3 Å². The first-order valence-corrected chi connectivity index (χ1v) is 6.48. The van der Waals surface area contributed by atoms with Crippen LogP contribution in [0.4, 0.5) is 13.2 Å². The minimum Gasteiger partial charge on any atom is -0.292 e. The zero-order valence-electron chi connectivity index (χ0n) is 9.92. The number of alkyl halides is 3. The molecule has 0 atom stereocenters. The summed E-state index contributed by atoms with van der Waals surface area (Å²) in [6, 6.07) is 2.73. The number of rotatable bonds is 5. The predicted octanol–water partition coefficient (Wildman–Crippen LogP) is 3.86. The van der Waals surface area contributed by atoms with Gasteiger partial charge >= 0.3 is 6.18 Å². The Labute approximate surface area is 112 Å². The van der Waals surface area contributed by atoms with Crippen LogP contribution in [0.25, 0.3) is 0 Å². The fourth-order valence-corrected chi connectivity index (χ4v) is 2.35. The Morgan fingerprint density at radius 1 is 1.44 bits per heavy atom. The van der Waals surface area contributed by atoms with Crippen LogP contribution in [-0.2, 0) is 0 Å². The largest absolute Gasteiger partial charge is 0.401 e. The molecule has 0 aliphatic rings. The van der Waals surface area contributed by atoms with Gasteiger partial charge in [0.15, 0.2) is 5.78 Å². The highest BCUT2D eigenvalue weighted by atomic mass is 35.5. The molecular weight excluding hydrogens is 287 g/mol. The molecule has 0 N–H and O–H groups in total. The van der Waals surface area contributed by atoms with E-state index in [4.69, 9.17) is 11.6 Å². The zero-order valence-corrected chi connectivity index (χ0v) is 11.5. The minimum atomic E-state index is -4.31. The number of ketones is 1. The van der Waals surface area contributed by atoms with E-state index >= 15 is 0 Å². The van der Waals surface area contributed by atoms with E-state index in [9.17, 15) is 18.0 Å². The summed E-state index contributed by atoms with van der Waals surface area (Å²) in [7, 11) is 0. The van der Waals surface area contributed by atoms with Gasteiger partial charge in [0.1, 0.15) is 0 Å². The Kier molecular flexibility index (Phi) is 5.19. The van der Waals surface area contributed by atoms with Crippen LogP contribution in [0, 0.1) is 0 Å². The van der Waals surface area contributed by atoms with Gasteiger partial charge in [0, 0.05) is 6.04 Å². The third-order valence-corrected chi connectivity index (χ3v) is 3.58. The van der Waals surface area contributed by atoms with Crippen LogP contribution >= 0.6 is 22.9 Å². The molecule has 0 aromatic carbocycles. The van der Waals surface area contributed by atoms with Crippen molar-refractivity contribution in [3.8, 4) is 0 Å². The maximum Gasteiger partial charge on any atom is 0.401 e. The maximum atomic E-state index is 12.4. The Morgan fingerprint density at radius 3 is 2.44 bits per heavy atom. The second-order valence-corrected chi connectivity index (χ2v) is 5.86. The van der Waals surface area contributed by atoms with E-state index in [1.807, 2.05) is 0 Å². The minimum absolute atomic E-state index is 0.256. The second kappa shape index (κ2) is 6.04. The third-order valence-electron chi connectivity index (χ3n) is 2.31. The molecule has 1 aromatic heterocycles. The van der Waals surface area contributed by atoms with E-state index in [1.165, 1.54) is 6.07 Å². The highest BCUT2D eigenvalue weighted by molar-refractivity contribution is 7.18. The lowest BCUT2D eigenvalue weighted by Gasteiger charge is -2.26. The van der Waals surface area contributed by atoms with Gasteiger partial charge in [-0.25, -0.2) is 0 Å². The topological polar surface area (TPSA) is 20.3 Å². The molecule has 1 aromatic rings. The molecule has 0 bridgehead atoms. The van der Waals surface area contributed by atoms with Gasteiger partial charge in [-0.3, -0.25) is 9.69 Å². The smallest absolute Gasteiger partial charge is 0.292 e. The molecule has 0 radical (unpaired) electrons. The molecule has 0 saturated heterocycles. The predicted molar refractivity (Wildman–Crippen MR) is 66.4 cm³/mol. The highest BCUT2D eigenvalue weighted by Gasteiger charge is 2.32.